The van der Waals surface area contributed by atoms with Crippen LogP contribution in [0, 0.1) is 0 Å². The van der Waals surface area contributed by atoms with E-state index in [-0.39, 0.29) is 18.4 Å². The maximum atomic E-state index is 12.4. The van der Waals surface area contributed by atoms with Gasteiger partial charge in [0.05, 0.1) is 5.69 Å². The predicted octanol–water partition coefficient (Wildman–Crippen LogP) is 2.82. The number of benzene rings is 2. The second kappa shape index (κ2) is 5.66. The van der Waals surface area contributed by atoms with E-state index in [9.17, 15) is 9.59 Å². The van der Waals surface area contributed by atoms with Crippen molar-refractivity contribution in [3.05, 3.63) is 60.4 Å². The second-order valence-corrected chi connectivity index (χ2v) is 5.42. The first-order valence-electron chi connectivity index (χ1n) is 7.42. The van der Waals surface area contributed by atoms with E-state index in [4.69, 9.17) is 4.74 Å². The van der Waals surface area contributed by atoms with Gasteiger partial charge in [-0.25, -0.2) is 0 Å². The number of carbonyl (C=O) groups is 2. The number of rotatable bonds is 2. The minimum atomic E-state index is -0.305. The van der Waals surface area contributed by atoms with Gasteiger partial charge in [-0.2, -0.15) is 0 Å². The van der Waals surface area contributed by atoms with E-state index in [1.165, 1.54) is 0 Å². The Labute approximate surface area is 137 Å². The van der Waals surface area contributed by atoms with Gasteiger partial charge in [-0.3, -0.25) is 14.6 Å². The zero-order valence-corrected chi connectivity index (χ0v) is 12.6. The molecule has 0 aliphatic carbocycles. The van der Waals surface area contributed by atoms with Crippen LogP contribution >= 0.6 is 0 Å². The van der Waals surface area contributed by atoms with Gasteiger partial charge in [0.2, 0.25) is 0 Å². The molecule has 0 bridgehead atoms. The van der Waals surface area contributed by atoms with Crippen LogP contribution in [0.4, 0.5) is 11.4 Å². The first-order valence-corrected chi connectivity index (χ1v) is 7.42. The number of ether oxygens (including phenoxy) is 1. The number of hydrogen-bond acceptors (Lipinski definition) is 4. The van der Waals surface area contributed by atoms with Crippen LogP contribution in [0.15, 0.2) is 54.7 Å². The minimum Gasteiger partial charge on any atom is -0.482 e. The lowest BCUT2D eigenvalue weighted by Gasteiger charge is -2.18. The SMILES string of the molecule is O=C1COc2cc(NC(=O)c3cc4ccccc4cn3)ccc2N1. The third kappa shape index (κ3) is 2.65. The van der Waals surface area contributed by atoms with Crippen molar-refractivity contribution in [3.63, 3.8) is 0 Å². The van der Waals surface area contributed by atoms with Gasteiger partial charge in [0, 0.05) is 23.3 Å². The monoisotopic (exact) mass is 319 g/mol. The largest absolute Gasteiger partial charge is 0.482 e. The summed E-state index contributed by atoms with van der Waals surface area (Å²) in [7, 11) is 0. The molecule has 1 aliphatic rings. The second-order valence-electron chi connectivity index (χ2n) is 5.42. The van der Waals surface area contributed by atoms with E-state index < -0.39 is 0 Å². The van der Waals surface area contributed by atoms with Crippen LogP contribution < -0.4 is 15.4 Å². The van der Waals surface area contributed by atoms with Crippen LogP contribution in [-0.2, 0) is 4.79 Å². The molecule has 24 heavy (non-hydrogen) atoms. The average Bonchev–Trinajstić information content (AvgIpc) is 2.61. The summed E-state index contributed by atoms with van der Waals surface area (Å²) in [6.45, 7) is -0.0311. The number of anilines is 2. The van der Waals surface area contributed by atoms with Crippen LogP contribution in [0.1, 0.15) is 10.5 Å². The maximum absolute atomic E-state index is 12.4. The fraction of sp³-hybridized carbons (Fsp3) is 0.0556. The molecule has 2 amide bonds. The van der Waals surface area contributed by atoms with Crippen molar-refractivity contribution in [1.29, 1.82) is 0 Å². The van der Waals surface area contributed by atoms with E-state index in [0.717, 1.165) is 10.8 Å². The molecule has 0 radical (unpaired) electrons. The average molecular weight is 319 g/mol. The zero-order valence-electron chi connectivity index (χ0n) is 12.6. The van der Waals surface area contributed by atoms with Crippen molar-refractivity contribution in [2.24, 2.45) is 0 Å². The highest BCUT2D eigenvalue weighted by Crippen LogP contribution is 2.30. The Morgan fingerprint density at radius 1 is 1.12 bits per heavy atom. The Hall–Kier alpha value is -3.41. The van der Waals surface area contributed by atoms with E-state index in [2.05, 4.69) is 15.6 Å². The molecule has 3 aromatic rings. The summed E-state index contributed by atoms with van der Waals surface area (Å²) in [5.74, 6) is 0.0269. The third-order valence-corrected chi connectivity index (χ3v) is 3.74. The molecule has 0 fully saturated rings. The van der Waals surface area contributed by atoms with Crippen molar-refractivity contribution in [3.8, 4) is 5.75 Å². The number of amides is 2. The molecule has 6 nitrogen and oxygen atoms in total. The van der Waals surface area contributed by atoms with Gasteiger partial charge in [-0.1, -0.05) is 24.3 Å². The molecular weight excluding hydrogens is 306 g/mol. The lowest BCUT2D eigenvalue weighted by molar-refractivity contribution is -0.118. The van der Waals surface area contributed by atoms with E-state index in [1.54, 1.807) is 30.5 Å². The molecule has 2 aromatic carbocycles. The van der Waals surface area contributed by atoms with Crippen molar-refractivity contribution in [2.45, 2.75) is 0 Å². The molecule has 0 saturated heterocycles. The van der Waals surface area contributed by atoms with Crippen molar-refractivity contribution >= 4 is 34.0 Å². The summed E-state index contributed by atoms with van der Waals surface area (Å²) in [5.41, 5.74) is 1.50. The molecule has 0 atom stereocenters. The Kier molecular flexibility index (Phi) is 3.35. The maximum Gasteiger partial charge on any atom is 0.274 e. The smallest absolute Gasteiger partial charge is 0.274 e. The first-order chi connectivity index (χ1) is 11.7. The summed E-state index contributed by atoms with van der Waals surface area (Å²) >= 11 is 0. The lowest BCUT2D eigenvalue weighted by atomic mass is 10.1. The molecule has 1 aliphatic heterocycles. The fourth-order valence-electron chi connectivity index (χ4n) is 2.56. The van der Waals surface area contributed by atoms with Gasteiger partial charge in [-0.05, 0) is 23.6 Å². The molecule has 6 heteroatoms. The Morgan fingerprint density at radius 3 is 2.83 bits per heavy atom. The molecule has 2 N–H and O–H groups in total. The molecule has 0 unspecified atom stereocenters. The number of nitrogens with zero attached hydrogens (tertiary/aromatic N) is 1. The molecule has 0 spiro atoms. The topological polar surface area (TPSA) is 80.3 Å². The molecule has 118 valence electrons. The molecule has 2 heterocycles. The van der Waals surface area contributed by atoms with Crippen molar-refractivity contribution in [1.82, 2.24) is 4.98 Å². The highest BCUT2D eigenvalue weighted by molar-refractivity contribution is 6.05. The number of aromatic nitrogens is 1. The lowest BCUT2D eigenvalue weighted by Crippen LogP contribution is -2.25. The van der Waals surface area contributed by atoms with Gasteiger partial charge in [0.15, 0.2) is 6.61 Å². The summed E-state index contributed by atoms with van der Waals surface area (Å²) in [6.07, 6.45) is 1.68. The Bertz CT molecular complexity index is 969. The van der Waals surface area contributed by atoms with Crippen molar-refractivity contribution in [2.75, 3.05) is 17.2 Å². The fourth-order valence-corrected chi connectivity index (χ4v) is 2.56. The Balaban J connectivity index is 1.58. The number of pyridine rings is 1. The van der Waals surface area contributed by atoms with E-state index >= 15 is 0 Å². The predicted molar refractivity (Wildman–Crippen MR) is 90.3 cm³/mol. The quantitative estimate of drug-likeness (QED) is 0.761. The summed E-state index contributed by atoms with van der Waals surface area (Å²) in [6, 6.07) is 14.5. The van der Waals surface area contributed by atoms with Gasteiger partial charge >= 0.3 is 0 Å². The van der Waals surface area contributed by atoms with Crippen molar-refractivity contribution < 1.29 is 14.3 Å². The van der Waals surface area contributed by atoms with Crippen LogP contribution in [0.3, 0.4) is 0 Å². The summed E-state index contributed by atoms with van der Waals surface area (Å²) in [4.78, 5) is 27.9. The van der Waals surface area contributed by atoms with Gasteiger partial charge in [0.1, 0.15) is 11.4 Å². The van der Waals surface area contributed by atoms with Gasteiger partial charge < -0.3 is 15.4 Å². The van der Waals surface area contributed by atoms with Crippen LogP contribution in [0.2, 0.25) is 0 Å². The molecule has 0 saturated carbocycles. The number of nitrogens with one attached hydrogen (secondary N) is 2. The normalized spacial score (nSPS) is 12.9. The van der Waals surface area contributed by atoms with Gasteiger partial charge in [0.25, 0.3) is 11.8 Å². The highest BCUT2D eigenvalue weighted by atomic mass is 16.5. The van der Waals surface area contributed by atoms with Gasteiger partial charge in [-0.15, -0.1) is 0 Å². The first kappa shape index (κ1) is 14.2. The van der Waals surface area contributed by atoms with Crippen LogP contribution in [0.5, 0.6) is 5.75 Å². The van der Waals surface area contributed by atoms with E-state index in [0.29, 0.717) is 22.8 Å². The summed E-state index contributed by atoms with van der Waals surface area (Å²) < 4.78 is 5.34. The number of hydrogen-bond donors (Lipinski definition) is 2. The van der Waals surface area contributed by atoms with E-state index in [1.807, 2.05) is 24.3 Å². The van der Waals surface area contributed by atoms with Crippen LogP contribution in [0.25, 0.3) is 10.8 Å². The summed E-state index contributed by atoms with van der Waals surface area (Å²) in [5, 5.41) is 7.42. The molecular formula is C18H13N3O3. The highest BCUT2D eigenvalue weighted by Gasteiger charge is 2.17. The minimum absolute atomic E-state index is 0.0311. The molecule has 1 aromatic heterocycles. The Morgan fingerprint density at radius 2 is 1.96 bits per heavy atom. The molecule has 4 rings (SSSR count). The number of fused-ring (bicyclic) bond motifs is 2. The standard InChI is InChI=1S/C18H13N3O3/c22-17-10-24-16-8-13(5-6-14(16)21-17)20-18(23)15-7-11-3-1-2-4-12(11)9-19-15/h1-9H,10H2,(H,20,23)(H,21,22). The zero-order chi connectivity index (χ0) is 16.5. The third-order valence-electron chi connectivity index (χ3n) is 3.74. The number of carbonyl (C=O) groups excluding carboxylic acids is 2. The van der Waals surface area contributed by atoms with Crippen LogP contribution in [-0.4, -0.2) is 23.4 Å².